The fourth-order valence-corrected chi connectivity index (χ4v) is 5.30. The van der Waals surface area contributed by atoms with E-state index >= 15 is 0 Å². The summed E-state index contributed by atoms with van der Waals surface area (Å²) in [5.74, 6) is 0.846. The van der Waals surface area contributed by atoms with Crippen LogP contribution in [0.5, 0.6) is 0 Å². The average molecular weight is 495 g/mol. The molecule has 0 fully saturated rings. The topological polar surface area (TPSA) is 59.8 Å². The van der Waals surface area contributed by atoms with Gasteiger partial charge in [0.25, 0.3) is 0 Å². The van der Waals surface area contributed by atoms with Crippen LogP contribution in [-0.2, 0) is 11.3 Å². The molecule has 0 aliphatic carbocycles. The Kier molecular flexibility index (Phi) is 7.33. The molecule has 0 aliphatic rings. The normalized spacial score (nSPS) is 10.9. The average Bonchev–Trinajstić information content (AvgIpc) is 3.38. The van der Waals surface area contributed by atoms with Gasteiger partial charge in [-0.2, -0.15) is 0 Å². The summed E-state index contributed by atoms with van der Waals surface area (Å²) in [6, 6.07) is 15.7. The van der Waals surface area contributed by atoms with Crippen LogP contribution in [0.1, 0.15) is 10.4 Å². The summed E-state index contributed by atoms with van der Waals surface area (Å²) in [6.45, 7) is 8.48. The van der Waals surface area contributed by atoms with E-state index in [4.69, 9.17) is 11.6 Å². The van der Waals surface area contributed by atoms with Gasteiger partial charge in [-0.25, -0.2) is 0 Å². The van der Waals surface area contributed by atoms with Crippen molar-refractivity contribution in [3.05, 3.63) is 82.0 Å². The van der Waals surface area contributed by atoms with Crippen LogP contribution < -0.4 is 5.32 Å². The second-order valence-electron chi connectivity index (χ2n) is 7.45. The Morgan fingerprint density at radius 3 is 2.76 bits per heavy atom. The highest BCUT2D eigenvalue weighted by Gasteiger charge is 2.20. The largest absolute Gasteiger partial charge is 0.325 e. The van der Waals surface area contributed by atoms with E-state index in [0.717, 1.165) is 28.1 Å². The van der Waals surface area contributed by atoms with E-state index in [-0.39, 0.29) is 11.7 Å². The number of halogens is 1. The van der Waals surface area contributed by atoms with Crippen LogP contribution in [0, 0.1) is 13.8 Å². The summed E-state index contributed by atoms with van der Waals surface area (Å²) in [5, 5.41) is 15.2. The van der Waals surface area contributed by atoms with Gasteiger partial charge in [0, 0.05) is 38.6 Å². The fraction of sp³-hybridized carbons (Fsp3) is 0.160. The van der Waals surface area contributed by atoms with Crippen LogP contribution in [0.4, 0.5) is 5.69 Å². The van der Waals surface area contributed by atoms with Crippen molar-refractivity contribution in [1.82, 2.24) is 14.8 Å². The molecule has 0 unspecified atom stereocenters. The van der Waals surface area contributed by atoms with Gasteiger partial charge in [0.05, 0.1) is 5.75 Å². The molecule has 0 radical (unpaired) electrons. The number of hydrogen-bond acceptors (Lipinski definition) is 5. The number of hydrogen-bond donors (Lipinski definition) is 1. The number of benzene rings is 2. The number of rotatable bonds is 8. The molecule has 1 N–H and O–H groups in total. The number of aromatic nitrogens is 3. The Morgan fingerprint density at radius 1 is 1.21 bits per heavy atom. The van der Waals surface area contributed by atoms with Crippen molar-refractivity contribution in [3.8, 4) is 22.5 Å². The molecule has 0 atom stereocenters. The lowest BCUT2D eigenvalue weighted by Crippen LogP contribution is -2.15. The highest BCUT2D eigenvalue weighted by atomic mass is 35.5. The number of allylic oxidation sites excluding steroid dienone is 1. The second-order valence-corrected chi connectivity index (χ2v) is 9.91. The van der Waals surface area contributed by atoms with Gasteiger partial charge >= 0.3 is 0 Å². The summed E-state index contributed by atoms with van der Waals surface area (Å²) in [4.78, 5) is 13.8. The van der Waals surface area contributed by atoms with Crippen molar-refractivity contribution < 1.29 is 4.79 Å². The third-order valence-corrected chi connectivity index (χ3v) is 7.23. The summed E-state index contributed by atoms with van der Waals surface area (Å²) in [6.07, 6.45) is 1.81. The Morgan fingerprint density at radius 2 is 2.00 bits per heavy atom. The molecule has 0 aliphatic heterocycles. The third-order valence-electron chi connectivity index (χ3n) is 5.11. The number of thioether (sulfide) groups is 1. The zero-order valence-electron chi connectivity index (χ0n) is 18.3. The van der Waals surface area contributed by atoms with Crippen LogP contribution in [0.25, 0.3) is 22.5 Å². The maximum absolute atomic E-state index is 12.6. The molecule has 33 heavy (non-hydrogen) atoms. The Bertz CT molecular complexity index is 1300. The molecule has 168 valence electrons. The molecule has 4 rings (SSSR count). The lowest BCUT2D eigenvalue weighted by Gasteiger charge is -2.10. The van der Waals surface area contributed by atoms with Gasteiger partial charge < -0.3 is 5.32 Å². The molecule has 1 amide bonds. The monoisotopic (exact) mass is 494 g/mol. The standard InChI is InChI=1S/C25H23ClN4OS2/c1-4-12-30-24(20-14-32-17(3)23(20)18-8-6-5-7-9-18)28-29-25(30)33-15-22(31)27-21-13-19(26)11-10-16(21)2/h4-11,13-14H,1,12,15H2,2-3H3,(H,27,31). The summed E-state index contributed by atoms with van der Waals surface area (Å²) in [5.41, 5.74) is 5.00. The third kappa shape index (κ3) is 5.21. The van der Waals surface area contributed by atoms with E-state index in [1.54, 1.807) is 23.5 Å². The smallest absolute Gasteiger partial charge is 0.234 e. The van der Waals surface area contributed by atoms with Gasteiger partial charge in [0.15, 0.2) is 11.0 Å². The Hall–Kier alpha value is -2.87. The Balaban J connectivity index is 1.58. The van der Waals surface area contributed by atoms with Crippen LogP contribution in [0.3, 0.4) is 0 Å². The number of amides is 1. The van der Waals surface area contributed by atoms with Crippen molar-refractivity contribution in [2.75, 3.05) is 11.1 Å². The summed E-state index contributed by atoms with van der Waals surface area (Å²) >= 11 is 9.10. The SMILES string of the molecule is C=CCn1c(SCC(=O)Nc2cc(Cl)ccc2C)nnc1-c1csc(C)c1-c1ccccc1. The van der Waals surface area contributed by atoms with Crippen LogP contribution in [-0.4, -0.2) is 26.4 Å². The first-order valence-electron chi connectivity index (χ1n) is 10.3. The van der Waals surface area contributed by atoms with Gasteiger partial charge in [-0.3, -0.25) is 9.36 Å². The Labute approximate surface area is 206 Å². The molecule has 5 nitrogen and oxygen atoms in total. The molecule has 0 saturated carbocycles. The van der Waals surface area contributed by atoms with Crippen molar-refractivity contribution in [2.45, 2.75) is 25.5 Å². The minimum absolute atomic E-state index is 0.128. The molecule has 0 bridgehead atoms. The summed E-state index contributed by atoms with van der Waals surface area (Å²) in [7, 11) is 0. The minimum atomic E-state index is -0.128. The first kappa shape index (κ1) is 23.3. The fourth-order valence-electron chi connectivity index (χ4n) is 3.52. The highest BCUT2D eigenvalue weighted by molar-refractivity contribution is 7.99. The van der Waals surface area contributed by atoms with E-state index < -0.39 is 0 Å². The molecule has 8 heteroatoms. The van der Waals surface area contributed by atoms with Crippen molar-refractivity contribution >= 4 is 46.3 Å². The first-order chi connectivity index (χ1) is 16.0. The quantitative estimate of drug-likeness (QED) is 0.215. The van der Waals surface area contributed by atoms with Crippen molar-refractivity contribution in [2.24, 2.45) is 0 Å². The molecular formula is C25H23ClN4OS2. The number of carbonyl (C=O) groups is 1. The lowest BCUT2D eigenvalue weighted by molar-refractivity contribution is -0.113. The maximum atomic E-state index is 12.6. The summed E-state index contributed by atoms with van der Waals surface area (Å²) < 4.78 is 2.00. The number of nitrogens with one attached hydrogen (secondary N) is 1. The van der Waals surface area contributed by atoms with E-state index in [1.807, 2.05) is 41.8 Å². The minimum Gasteiger partial charge on any atom is -0.325 e. The number of nitrogens with zero attached hydrogens (tertiary/aromatic N) is 3. The highest BCUT2D eigenvalue weighted by Crippen LogP contribution is 2.39. The lowest BCUT2D eigenvalue weighted by atomic mass is 10.0. The van der Waals surface area contributed by atoms with Crippen LogP contribution >= 0.6 is 34.7 Å². The molecule has 2 heterocycles. The zero-order valence-corrected chi connectivity index (χ0v) is 20.7. The number of thiophene rings is 1. The van der Waals surface area contributed by atoms with Crippen LogP contribution in [0.2, 0.25) is 5.02 Å². The number of carbonyl (C=O) groups excluding carboxylic acids is 1. The molecule has 2 aromatic carbocycles. The molecular weight excluding hydrogens is 472 g/mol. The number of aryl methyl sites for hydroxylation is 2. The van der Waals surface area contributed by atoms with Gasteiger partial charge in [-0.05, 0) is 37.1 Å². The molecule has 0 saturated heterocycles. The van der Waals surface area contributed by atoms with E-state index in [0.29, 0.717) is 22.4 Å². The van der Waals surface area contributed by atoms with Crippen LogP contribution in [0.15, 0.2) is 71.7 Å². The van der Waals surface area contributed by atoms with Crippen molar-refractivity contribution in [1.29, 1.82) is 0 Å². The maximum Gasteiger partial charge on any atom is 0.234 e. The van der Waals surface area contributed by atoms with Gasteiger partial charge in [-0.1, -0.05) is 65.8 Å². The molecule has 0 spiro atoms. The predicted molar refractivity (Wildman–Crippen MR) is 139 cm³/mol. The first-order valence-corrected chi connectivity index (χ1v) is 12.6. The van der Waals surface area contributed by atoms with E-state index in [2.05, 4.69) is 46.5 Å². The van der Waals surface area contributed by atoms with Gasteiger partial charge in [0.2, 0.25) is 5.91 Å². The van der Waals surface area contributed by atoms with E-state index in [9.17, 15) is 4.79 Å². The molecule has 4 aromatic rings. The van der Waals surface area contributed by atoms with Crippen molar-refractivity contribution in [3.63, 3.8) is 0 Å². The second kappa shape index (κ2) is 10.4. The van der Waals surface area contributed by atoms with Gasteiger partial charge in [-0.15, -0.1) is 28.1 Å². The zero-order chi connectivity index (χ0) is 23.4. The number of anilines is 1. The predicted octanol–water partition coefficient (Wildman–Crippen LogP) is 6.86. The van der Waals surface area contributed by atoms with Gasteiger partial charge in [0.1, 0.15) is 0 Å². The van der Waals surface area contributed by atoms with E-state index in [1.165, 1.54) is 16.6 Å². The molecule has 2 aromatic heterocycles.